The first-order valence-electron chi connectivity index (χ1n) is 8.39. The van der Waals surface area contributed by atoms with E-state index in [1.807, 2.05) is 13.0 Å². The van der Waals surface area contributed by atoms with Gasteiger partial charge in [-0.15, -0.1) is 0 Å². The Balaban J connectivity index is 1.85. The third kappa shape index (κ3) is 3.13. The van der Waals surface area contributed by atoms with Gasteiger partial charge >= 0.3 is 0 Å². The quantitative estimate of drug-likeness (QED) is 0.643. The highest BCUT2D eigenvalue weighted by atomic mass is 35.5. The number of aryl methyl sites for hydroxylation is 1. The minimum atomic E-state index is -0.637. The zero-order valence-electron chi connectivity index (χ0n) is 14.4. The molecule has 7 heteroatoms. The van der Waals surface area contributed by atoms with Crippen molar-refractivity contribution in [3.63, 3.8) is 0 Å². The maximum Gasteiger partial charge on any atom is 0.226 e. The van der Waals surface area contributed by atoms with Crippen LogP contribution < -0.4 is 5.32 Å². The molecule has 0 aliphatic carbocycles. The van der Waals surface area contributed by atoms with Crippen LogP contribution in [0.3, 0.4) is 0 Å². The molecule has 0 fully saturated rings. The molecule has 4 rings (SSSR count). The molecule has 0 spiro atoms. The van der Waals surface area contributed by atoms with E-state index in [0.717, 1.165) is 0 Å². The van der Waals surface area contributed by atoms with Crippen LogP contribution in [0.25, 0.3) is 5.69 Å². The van der Waals surface area contributed by atoms with Crippen LogP contribution in [-0.4, -0.2) is 21.5 Å². The Morgan fingerprint density at radius 3 is 2.70 bits per heavy atom. The van der Waals surface area contributed by atoms with Crippen molar-refractivity contribution in [2.45, 2.75) is 19.3 Å². The number of nitrogens with zero attached hydrogens (tertiary/aromatic N) is 2. The second-order valence-electron chi connectivity index (χ2n) is 6.39. The lowest BCUT2D eigenvalue weighted by Gasteiger charge is -2.23. The predicted molar refractivity (Wildman–Crippen MR) is 105 cm³/mol. The van der Waals surface area contributed by atoms with Crippen LogP contribution in [0.1, 0.15) is 34.0 Å². The van der Waals surface area contributed by atoms with E-state index in [4.69, 9.17) is 23.2 Å². The summed E-state index contributed by atoms with van der Waals surface area (Å²) in [5.74, 6) is -0.570. The number of ketones is 1. The van der Waals surface area contributed by atoms with E-state index in [1.165, 1.54) is 0 Å². The third-order valence-electron chi connectivity index (χ3n) is 4.61. The Hall–Kier alpha value is -2.63. The molecule has 27 heavy (non-hydrogen) atoms. The van der Waals surface area contributed by atoms with Crippen LogP contribution in [0.2, 0.25) is 10.0 Å². The number of amides is 1. The average molecular weight is 400 g/mol. The number of carbonyl (C=O) groups is 2. The summed E-state index contributed by atoms with van der Waals surface area (Å²) >= 11 is 12.3. The standard InChI is InChI=1S/C20H15Cl2N3O2/c1-11-18-15(19(27)14-7-2-3-8-16(14)22)10-17(26)23-20(18)25(24-11)13-6-4-5-12(21)9-13/h2-9,15H,10H2,1H3,(H,23,26). The predicted octanol–water partition coefficient (Wildman–Crippen LogP) is 4.80. The lowest BCUT2D eigenvalue weighted by Crippen LogP contribution is -2.28. The van der Waals surface area contributed by atoms with Crippen molar-refractivity contribution < 1.29 is 9.59 Å². The highest BCUT2D eigenvalue weighted by Gasteiger charge is 2.36. The van der Waals surface area contributed by atoms with Gasteiger partial charge < -0.3 is 5.32 Å². The van der Waals surface area contributed by atoms with Gasteiger partial charge in [-0.25, -0.2) is 4.68 Å². The number of anilines is 1. The summed E-state index contributed by atoms with van der Waals surface area (Å²) in [6.45, 7) is 1.82. The minimum Gasteiger partial charge on any atom is -0.310 e. The second kappa shape index (κ2) is 6.83. The fourth-order valence-corrected chi connectivity index (χ4v) is 3.83. The highest BCUT2D eigenvalue weighted by molar-refractivity contribution is 6.34. The lowest BCUT2D eigenvalue weighted by atomic mass is 9.85. The van der Waals surface area contributed by atoms with Gasteiger partial charge in [0.2, 0.25) is 5.91 Å². The van der Waals surface area contributed by atoms with Gasteiger partial charge in [-0.2, -0.15) is 5.10 Å². The number of carbonyl (C=O) groups excluding carboxylic acids is 2. The Morgan fingerprint density at radius 1 is 1.19 bits per heavy atom. The Kier molecular flexibility index (Phi) is 4.50. The molecule has 0 saturated carbocycles. The molecule has 136 valence electrons. The summed E-state index contributed by atoms with van der Waals surface area (Å²) in [6.07, 6.45) is 0.0547. The van der Waals surface area contributed by atoms with Gasteiger partial charge in [0.05, 0.1) is 22.3 Å². The van der Waals surface area contributed by atoms with Crippen LogP contribution in [-0.2, 0) is 4.79 Å². The monoisotopic (exact) mass is 399 g/mol. The molecule has 1 aliphatic rings. The Labute approximate surface area is 165 Å². The van der Waals surface area contributed by atoms with Crippen LogP contribution in [0.4, 0.5) is 5.82 Å². The van der Waals surface area contributed by atoms with Crippen molar-refractivity contribution in [1.29, 1.82) is 0 Å². The van der Waals surface area contributed by atoms with Gasteiger partial charge in [0.15, 0.2) is 5.78 Å². The number of aromatic nitrogens is 2. The summed E-state index contributed by atoms with van der Waals surface area (Å²) < 4.78 is 1.61. The minimum absolute atomic E-state index is 0.0547. The molecule has 1 N–H and O–H groups in total. The van der Waals surface area contributed by atoms with Gasteiger partial charge in [-0.3, -0.25) is 9.59 Å². The van der Waals surface area contributed by atoms with Crippen molar-refractivity contribution in [3.05, 3.63) is 75.4 Å². The number of hydrogen-bond donors (Lipinski definition) is 1. The molecule has 2 heterocycles. The smallest absolute Gasteiger partial charge is 0.226 e. The van der Waals surface area contributed by atoms with Gasteiger partial charge in [-0.1, -0.05) is 41.4 Å². The number of fused-ring (bicyclic) bond motifs is 1. The van der Waals surface area contributed by atoms with E-state index in [9.17, 15) is 9.59 Å². The maximum absolute atomic E-state index is 13.2. The molecule has 1 aliphatic heterocycles. The largest absolute Gasteiger partial charge is 0.310 e. The number of halogens is 2. The van der Waals surface area contributed by atoms with Crippen LogP contribution in [0.5, 0.6) is 0 Å². The maximum atomic E-state index is 13.2. The average Bonchev–Trinajstić information content (AvgIpc) is 2.97. The first kappa shape index (κ1) is 17.8. The second-order valence-corrected chi connectivity index (χ2v) is 7.23. The molecule has 5 nitrogen and oxygen atoms in total. The van der Waals surface area contributed by atoms with Crippen molar-refractivity contribution in [3.8, 4) is 5.69 Å². The SMILES string of the molecule is Cc1nn(-c2cccc(Cl)c2)c2c1C(C(=O)c1ccccc1Cl)CC(=O)N2. The number of hydrogen-bond acceptors (Lipinski definition) is 3. The van der Waals surface area contributed by atoms with E-state index in [2.05, 4.69) is 10.4 Å². The topological polar surface area (TPSA) is 64.0 Å². The normalized spacial score (nSPS) is 16.0. The molecule has 0 saturated heterocycles. The summed E-state index contributed by atoms with van der Waals surface area (Å²) in [7, 11) is 0. The molecule has 0 radical (unpaired) electrons. The molecule has 2 aromatic carbocycles. The van der Waals surface area contributed by atoms with E-state index >= 15 is 0 Å². The molecule has 1 atom stereocenters. The molecule has 1 unspecified atom stereocenters. The molecular formula is C20H15Cl2N3O2. The number of rotatable bonds is 3. The van der Waals surface area contributed by atoms with Gasteiger partial charge in [0.1, 0.15) is 5.82 Å². The van der Waals surface area contributed by atoms with E-state index in [-0.39, 0.29) is 18.1 Å². The Morgan fingerprint density at radius 2 is 1.96 bits per heavy atom. The van der Waals surface area contributed by atoms with Crippen molar-refractivity contribution >= 4 is 40.7 Å². The van der Waals surface area contributed by atoms with Crippen LogP contribution >= 0.6 is 23.2 Å². The van der Waals surface area contributed by atoms with Crippen molar-refractivity contribution in [1.82, 2.24) is 9.78 Å². The van der Waals surface area contributed by atoms with E-state index in [1.54, 1.807) is 47.1 Å². The summed E-state index contributed by atoms with van der Waals surface area (Å²) in [5, 5.41) is 8.32. The summed E-state index contributed by atoms with van der Waals surface area (Å²) in [4.78, 5) is 25.5. The zero-order chi connectivity index (χ0) is 19.1. The van der Waals surface area contributed by atoms with Gasteiger partial charge in [-0.05, 0) is 37.3 Å². The molecule has 1 aromatic heterocycles. The van der Waals surface area contributed by atoms with E-state index < -0.39 is 5.92 Å². The van der Waals surface area contributed by atoms with Gasteiger partial charge in [0.25, 0.3) is 0 Å². The van der Waals surface area contributed by atoms with Crippen molar-refractivity contribution in [2.75, 3.05) is 5.32 Å². The highest BCUT2D eigenvalue weighted by Crippen LogP contribution is 2.39. The number of Topliss-reactive ketones (excluding diaryl/α,β-unsaturated/α-hetero) is 1. The number of benzene rings is 2. The first-order chi connectivity index (χ1) is 13.0. The molecule has 1 amide bonds. The van der Waals surface area contributed by atoms with Crippen molar-refractivity contribution in [2.24, 2.45) is 0 Å². The number of nitrogens with one attached hydrogen (secondary N) is 1. The molecular weight excluding hydrogens is 385 g/mol. The summed E-state index contributed by atoms with van der Waals surface area (Å²) in [5.41, 5.74) is 2.49. The van der Waals surface area contributed by atoms with Gasteiger partial charge in [0, 0.05) is 22.6 Å². The van der Waals surface area contributed by atoms with Crippen LogP contribution in [0.15, 0.2) is 48.5 Å². The molecule has 3 aromatic rings. The molecule has 0 bridgehead atoms. The van der Waals surface area contributed by atoms with E-state index in [0.29, 0.717) is 38.4 Å². The fraction of sp³-hybridized carbons (Fsp3) is 0.150. The fourth-order valence-electron chi connectivity index (χ4n) is 3.41. The third-order valence-corrected chi connectivity index (χ3v) is 5.18. The first-order valence-corrected chi connectivity index (χ1v) is 9.15. The Bertz CT molecular complexity index is 1070. The lowest BCUT2D eigenvalue weighted by molar-refractivity contribution is -0.116. The van der Waals surface area contributed by atoms with Crippen LogP contribution in [0, 0.1) is 6.92 Å². The zero-order valence-corrected chi connectivity index (χ0v) is 15.9. The summed E-state index contributed by atoms with van der Waals surface area (Å²) in [6, 6.07) is 14.0.